The van der Waals surface area contributed by atoms with Crippen molar-refractivity contribution in [1.29, 1.82) is 0 Å². The Morgan fingerprint density at radius 2 is 2.04 bits per heavy atom. The van der Waals surface area contributed by atoms with E-state index >= 15 is 0 Å². The van der Waals surface area contributed by atoms with Crippen LogP contribution < -0.4 is 15.9 Å². The molecule has 1 heterocycles. The van der Waals surface area contributed by atoms with Crippen LogP contribution in [0.4, 0.5) is 0 Å². The number of carbonyl (C=O) groups is 1. The van der Waals surface area contributed by atoms with Crippen LogP contribution in [0.25, 0.3) is 11.4 Å². The van der Waals surface area contributed by atoms with Crippen LogP contribution in [0.3, 0.4) is 0 Å². The highest BCUT2D eigenvalue weighted by Gasteiger charge is 2.23. The van der Waals surface area contributed by atoms with Gasteiger partial charge in [0.25, 0.3) is 0 Å². The molecule has 26 heavy (non-hydrogen) atoms. The summed E-state index contributed by atoms with van der Waals surface area (Å²) in [6, 6.07) is 7.84. The summed E-state index contributed by atoms with van der Waals surface area (Å²) in [5.74, 6) is 7.52. The van der Waals surface area contributed by atoms with Gasteiger partial charge in [-0.1, -0.05) is 24.6 Å². The van der Waals surface area contributed by atoms with Gasteiger partial charge in [0.15, 0.2) is 5.82 Å². The van der Waals surface area contributed by atoms with Crippen molar-refractivity contribution in [1.82, 2.24) is 20.2 Å². The molecule has 3 N–H and O–H groups in total. The van der Waals surface area contributed by atoms with E-state index in [2.05, 4.69) is 15.5 Å². The van der Waals surface area contributed by atoms with Gasteiger partial charge in [-0.2, -0.15) is 0 Å². The summed E-state index contributed by atoms with van der Waals surface area (Å²) in [7, 11) is 0. The molecular formula is C18H25N5O2S. The third kappa shape index (κ3) is 4.30. The molecule has 7 nitrogen and oxygen atoms in total. The lowest BCUT2D eigenvalue weighted by atomic mass is 10.2. The number of ether oxygens (including phenoxy) is 1. The number of thioether (sulfide) groups is 1. The molecule has 1 aliphatic carbocycles. The first kappa shape index (κ1) is 18.6. The second-order valence-electron chi connectivity index (χ2n) is 6.38. The highest BCUT2D eigenvalue weighted by atomic mass is 32.2. The van der Waals surface area contributed by atoms with Crippen LogP contribution in [-0.4, -0.2) is 38.7 Å². The Kier molecular flexibility index (Phi) is 6.03. The summed E-state index contributed by atoms with van der Waals surface area (Å²) >= 11 is 1.32. The van der Waals surface area contributed by atoms with Crippen molar-refractivity contribution in [2.45, 2.75) is 56.0 Å². The minimum atomic E-state index is -0.282. The normalized spacial score (nSPS) is 15.8. The molecule has 1 aromatic carbocycles. The first-order valence-corrected chi connectivity index (χ1v) is 9.87. The smallest absolute Gasteiger partial charge is 0.233 e. The molecule has 3 rings (SSSR count). The van der Waals surface area contributed by atoms with Gasteiger partial charge < -0.3 is 15.9 Å². The van der Waals surface area contributed by atoms with Crippen molar-refractivity contribution in [3.05, 3.63) is 24.3 Å². The van der Waals surface area contributed by atoms with E-state index in [0.717, 1.165) is 24.2 Å². The molecule has 0 spiro atoms. The summed E-state index contributed by atoms with van der Waals surface area (Å²) in [4.78, 5) is 12.3. The lowest BCUT2D eigenvalue weighted by Gasteiger charge is -2.15. The minimum Gasteiger partial charge on any atom is -0.494 e. The summed E-state index contributed by atoms with van der Waals surface area (Å²) in [6.07, 6.45) is 4.51. The topological polar surface area (TPSA) is 95.1 Å². The second-order valence-corrected chi connectivity index (χ2v) is 7.69. The van der Waals surface area contributed by atoms with Gasteiger partial charge in [0, 0.05) is 11.6 Å². The first-order valence-electron chi connectivity index (χ1n) is 8.99. The van der Waals surface area contributed by atoms with Crippen LogP contribution >= 0.6 is 11.8 Å². The Balaban J connectivity index is 1.65. The predicted octanol–water partition coefficient (Wildman–Crippen LogP) is 2.60. The van der Waals surface area contributed by atoms with Crippen LogP contribution in [0, 0.1) is 0 Å². The fourth-order valence-electron chi connectivity index (χ4n) is 3.02. The van der Waals surface area contributed by atoms with E-state index < -0.39 is 0 Å². The number of amides is 1. The lowest BCUT2D eigenvalue weighted by Crippen LogP contribution is -2.37. The zero-order chi connectivity index (χ0) is 18.5. The number of nitrogen functional groups attached to an aromatic ring is 1. The van der Waals surface area contributed by atoms with Crippen LogP contribution in [0.5, 0.6) is 5.75 Å². The van der Waals surface area contributed by atoms with Gasteiger partial charge >= 0.3 is 0 Å². The lowest BCUT2D eigenvalue weighted by molar-refractivity contribution is -0.120. The summed E-state index contributed by atoms with van der Waals surface area (Å²) < 4.78 is 6.87. The van der Waals surface area contributed by atoms with E-state index in [1.165, 1.54) is 29.3 Å². The van der Waals surface area contributed by atoms with E-state index in [1.54, 1.807) is 0 Å². The maximum Gasteiger partial charge on any atom is 0.233 e. The molecule has 1 fully saturated rings. The van der Waals surface area contributed by atoms with Gasteiger partial charge in [0.05, 0.1) is 11.9 Å². The largest absolute Gasteiger partial charge is 0.494 e. The van der Waals surface area contributed by atoms with Crippen molar-refractivity contribution in [3.8, 4) is 17.1 Å². The molecule has 1 saturated carbocycles. The van der Waals surface area contributed by atoms with Crippen LogP contribution in [0.2, 0.25) is 0 Å². The molecule has 0 radical (unpaired) electrons. The molecule has 0 aliphatic heterocycles. The summed E-state index contributed by atoms with van der Waals surface area (Å²) in [6.45, 7) is 4.42. The van der Waals surface area contributed by atoms with Gasteiger partial charge in [0.2, 0.25) is 11.1 Å². The van der Waals surface area contributed by atoms with E-state index in [9.17, 15) is 4.79 Å². The fraction of sp³-hybridized carbons (Fsp3) is 0.500. The van der Waals surface area contributed by atoms with Gasteiger partial charge in [-0.25, -0.2) is 4.68 Å². The number of aromatic nitrogens is 3. The molecule has 2 aromatic rings. The van der Waals surface area contributed by atoms with Crippen molar-refractivity contribution in [2.24, 2.45) is 0 Å². The molecule has 1 aliphatic rings. The SMILES string of the molecule is CCOc1ccc(-c2nnc(SC(C)C(=O)NC3CCCC3)n2N)cc1. The molecule has 140 valence electrons. The van der Waals surface area contributed by atoms with E-state index in [0.29, 0.717) is 23.6 Å². The quantitative estimate of drug-likeness (QED) is 0.570. The highest BCUT2D eigenvalue weighted by Crippen LogP contribution is 2.26. The molecule has 1 atom stereocenters. The summed E-state index contributed by atoms with van der Waals surface area (Å²) in [5.41, 5.74) is 0.846. The maximum absolute atomic E-state index is 12.3. The second kappa shape index (κ2) is 8.44. The molecule has 1 unspecified atom stereocenters. The van der Waals surface area contributed by atoms with Crippen LogP contribution in [0.15, 0.2) is 29.4 Å². The monoisotopic (exact) mass is 375 g/mol. The Morgan fingerprint density at radius 1 is 1.35 bits per heavy atom. The Labute approximate surface area is 157 Å². The number of hydrogen-bond donors (Lipinski definition) is 2. The zero-order valence-corrected chi connectivity index (χ0v) is 16.0. The zero-order valence-electron chi connectivity index (χ0n) is 15.1. The molecular weight excluding hydrogens is 350 g/mol. The highest BCUT2D eigenvalue weighted by molar-refractivity contribution is 8.00. The number of nitrogens with two attached hydrogens (primary N) is 1. The average molecular weight is 375 g/mol. The molecule has 0 saturated heterocycles. The summed E-state index contributed by atoms with van der Waals surface area (Å²) in [5, 5.41) is 11.7. The van der Waals surface area contributed by atoms with Gasteiger partial charge in [0.1, 0.15) is 5.75 Å². The number of carbonyl (C=O) groups excluding carboxylic acids is 1. The molecule has 1 amide bonds. The molecule has 8 heteroatoms. The maximum atomic E-state index is 12.3. The van der Waals surface area contributed by atoms with Crippen molar-refractivity contribution in [2.75, 3.05) is 12.4 Å². The third-order valence-corrected chi connectivity index (χ3v) is 5.50. The predicted molar refractivity (Wildman–Crippen MR) is 102 cm³/mol. The number of nitrogens with one attached hydrogen (secondary N) is 1. The minimum absolute atomic E-state index is 0.0208. The number of nitrogens with zero attached hydrogens (tertiary/aromatic N) is 3. The van der Waals surface area contributed by atoms with Crippen molar-refractivity contribution in [3.63, 3.8) is 0 Å². The fourth-order valence-corrected chi connectivity index (χ4v) is 3.80. The molecule has 0 bridgehead atoms. The number of rotatable bonds is 7. The third-order valence-electron chi connectivity index (χ3n) is 4.44. The van der Waals surface area contributed by atoms with Crippen LogP contribution in [-0.2, 0) is 4.79 Å². The number of benzene rings is 1. The Hall–Kier alpha value is -2.22. The number of hydrogen-bond acceptors (Lipinski definition) is 6. The van der Waals surface area contributed by atoms with Gasteiger partial charge in [-0.15, -0.1) is 10.2 Å². The van der Waals surface area contributed by atoms with Gasteiger partial charge in [-0.05, 0) is 51.0 Å². The van der Waals surface area contributed by atoms with Gasteiger partial charge in [-0.3, -0.25) is 4.79 Å². The standard InChI is InChI=1S/C18H25N5O2S/c1-3-25-15-10-8-13(9-11-15)16-21-22-18(23(16)19)26-12(2)17(24)20-14-6-4-5-7-14/h8-12,14H,3-7,19H2,1-2H3,(H,20,24). The Bertz CT molecular complexity index is 741. The van der Waals surface area contributed by atoms with Crippen LogP contribution in [0.1, 0.15) is 39.5 Å². The Morgan fingerprint density at radius 3 is 2.69 bits per heavy atom. The first-order chi connectivity index (χ1) is 12.6. The molecule has 1 aromatic heterocycles. The van der Waals surface area contributed by atoms with Crippen molar-refractivity contribution < 1.29 is 9.53 Å². The van der Waals surface area contributed by atoms with E-state index in [4.69, 9.17) is 10.6 Å². The average Bonchev–Trinajstić information content (AvgIpc) is 3.27. The van der Waals surface area contributed by atoms with E-state index in [1.807, 2.05) is 38.1 Å². The van der Waals surface area contributed by atoms with Crippen molar-refractivity contribution >= 4 is 17.7 Å². The van der Waals surface area contributed by atoms with E-state index in [-0.39, 0.29) is 11.2 Å².